The van der Waals surface area contributed by atoms with Crippen molar-refractivity contribution in [3.8, 4) is 0 Å². The van der Waals surface area contributed by atoms with Crippen molar-refractivity contribution in [2.24, 2.45) is 5.92 Å². The molecule has 0 aliphatic carbocycles. The van der Waals surface area contributed by atoms with E-state index in [0.29, 0.717) is 16.1 Å². The van der Waals surface area contributed by atoms with Crippen molar-refractivity contribution in [1.29, 1.82) is 0 Å². The third kappa shape index (κ3) is 4.46. The van der Waals surface area contributed by atoms with Crippen LogP contribution in [0.4, 0.5) is 14.9 Å². The number of halogens is 2. The average Bonchev–Trinajstić information content (AvgIpc) is 2.37. The number of ether oxygens (including phenoxy) is 1. The van der Waals surface area contributed by atoms with Crippen LogP contribution in [-0.4, -0.2) is 17.7 Å². The van der Waals surface area contributed by atoms with Gasteiger partial charge in [-0.25, -0.2) is 9.18 Å². The predicted molar refractivity (Wildman–Crippen MR) is 94.4 cm³/mol. The van der Waals surface area contributed by atoms with Gasteiger partial charge in [-0.2, -0.15) is 0 Å². The van der Waals surface area contributed by atoms with E-state index in [0.717, 1.165) is 24.8 Å². The fourth-order valence-corrected chi connectivity index (χ4v) is 3.37. The molecule has 1 amide bonds. The van der Waals surface area contributed by atoms with Gasteiger partial charge in [-0.15, -0.1) is 0 Å². The van der Waals surface area contributed by atoms with Crippen molar-refractivity contribution in [3.05, 3.63) is 28.0 Å². The fourth-order valence-electron chi connectivity index (χ4n) is 2.98. The first-order valence-corrected chi connectivity index (χ1v) is 8.88. The number of nitrogens with zero attached hydrogens (tertiary/aromatic N) is 1. The summed E-state index contributed by atoms with van der Waals surface area (Å²) in [5, 5.41) is 0. The van der Waals surface area contributed by atoms with Crippen molar-refractivity contribution in [3.63, 3.8) is 0 Å². The maximum atomic E-state index is 14.0. The summed E-state index contributed by atoms with van der Waals surface area (Å²) in [6, 6.07) is 3.25. The Bertz CT molecular complexity index is 595. The number of fused-ring (bicyclic) bond motifs is 1. The van der Waals surface area contributed by atoms with E-state index in [1.54, 1.807) is 11.0 Å². The Hall–Kier alpha value is -1.10. The minimum Gasteiger partial charge on any atom is -0.443 e. The van der Waals surface area contributed by atoms with Crippen LogP contribution in [0.5, 0.6) is 0 Å². The van der Waals surface area contributed by atoms with E-state index < -0.39 is 11.7 Å². The van der Waals surface area contributed by atoms with Crippen LogP contribution >= 0.6 is 15.9 Å². The molecule has 0 aromatic heterocycles. The van der Waals surface area contributed by atoms with Crippen LogP contribution in [0, 0.1) is 11.7 Å². The molecule has 128 valence electrons. The van der Waals surface area contributed by atoms with Gasteiger partial charge in [0.15, 0.2) is 0 Å². The summed E-state index contributed by atoms with van der Waals surface area (Å²) >= 11 is 3.23. The van der Waals surface area contributed by atoms with E-state index >= 15 is 0 Å². The molecule has 0 radical (unpaired) electrons. The maximum absolute atomic E-state index is 14.0. The highest BCUT2D eigenvalue weighted by Gasteiger charge is 2.35. The van der Waals surface area contributed by atoms with Crippen LogP contribution in [0.15, 0.2) is 16.6 Å². The van der Waals surface area contributed by atoms with Gasteiger partial charge >= 0.3 is 6.09 Å². The summed E-state index contributed by atoms with van der Waals surface area (Å²) < 4.78 is 20.0. The first-order valence-electron chi connectivity index (χ1n) is 8.08. The second-order valence-corrected chi connectivity index (χ2v) is 8.42. The van der Waals surface area contributed by atoms with Crippen molar-refractivity contribution < 1.29 is 13.9 Å². The minimum atomic E-state index is -0.578. The van der Waals surface area contributed by atoms with E-state index in [1.165, 1.54) is 6.07 Å². The Morgan fingerprint density at radius 3 is 2.65 bits per heavy atom. The van der Waals surface area contributed by atoms with Gasteiger partial charge in [0.2, 0.25) is 0 Å². The van der Waals surface area contributed by atoms with E-state index in [1.807, 2.05) is 20.8 Å². The van der Waals surface area contributed by atoms with Crippen molar-refractivity contribution in [1.82, 2.24) is 0 Å². The SMILES string of the molecule is CC(C)CC1CCc2cc(Br)c(F)cc2N1C(=O)OC(C)(C)C. The molecule has 0 fully saturated rings. The number of carbonyl (C=O) groups is 1. The van der Waals surface area contributed by atoms with Crippen LogP contribution in [-0.2, 0) is 11.2 Å². The van der Waals surface area contributed by atoms with Crippen molar-refractivity contribution >= 4 is 27.7 Å². The summed E-state index contributed by atoms with van der Waals surface area (Å²) in [5.74, 6) is 0.0919. The monoisotopic (exact) mass is 385 g/mol. The third-order valence-corrected chi connectivity index (χ3v) is 4.43. The summed E-state index contributed by atoms with van der Waals surface area (Å²) in [7, 11) is 0. The number of aryl methyl sites for hydroxylation is 1. The largest absolute Gasteiger partial charge is 0.443 e. The molecule has 1 heterocycles. The number of hydrogen-bond donors (Lipinski definition) is 0. The van der Waals surface area contributed by atoms with E-state index in [2.05, 4.69) is 29.8 Å². The zero-order valence-electron chi connectivity index (χ0n) is 14.5. The molecule has 0 saturated heterocycles. The van der Waals surface area contributed by atoms with Crippen LogP contribution in [0.2, 0.25) is 0 Å². The molecule has 23 heavy (non-hydrogen) atoms. The standard InChI is InChI=1S/C18H25BrFNO2/c1-11(2)8-13-7-6-12-9-14(19)15(20)10-16(12)21(13)17(22)23-18(3,4)5/h9-11,13H,6-8H2,1-5H3. The molecule has 1 aliphatic rings. The van der Waals surface area contributed by atoms with Gasteiger partial charge in [0.05, 0.1) is 10.2 Å². The van der Waals surface area contributed by atoms with Gasteiger partial charge in [-0.3, -0.25) is 4.90 Å². The number of anilines is 1. The summed E-state index contributed by atoms with van der Waals surface area (Å²) in [4.78, 5) is 14.4. The van der Waals surface area contributed by atoms with Gasteiger partial charge in [0.1, 0.15) is 11.4 Å². The first-order chi connectivity index (χ1) is 10.6. The lowest BCUT2D eigenvalue weighted by molar-refractivity contribution is 0.0556. The smallest absolute Gasteiger partial charge is 0.415 e. The highest BCUT2D eigenvalue weighted by Crippen LogP contribution is 2.37. The Kier molecular flexibility index (Phi) is 5.39. The van der Waals surface area contributed by atoms with Crippen LogP contribution < -0.4 is 4.90 Å². The zero-order chi connectivity index (χ0) is 17.4. The molecule has 0 spiro atoms. The lowest BCUT2D eigenvalue weighted by atomic mass is 9.91. The van der Waals surface area contributed by atoms with Gasteiger partial charge in [-0.05, 0) is 79.6 Å². The topological polar surface area (TPSA) is 29.5 Å². The average molecular weight is 386 g/mol. The van der Waals surface area contributed by atoms with Gasteiger partial charge in [0.25, 0.3) is 0 Å². The lowest BCUT2D eigenvalue weighted by Gasteiger charge is -2.39. The molecule has 2 rings (SSSR count). The van der Waals surface area contributed by atoms with Gasteiger partial charge < -0.3 is 4.74 Å². The normalized spacial score (nSPS) is 18.1. The molecule has 0 bridgehead atoms. The van der Waals surface area contributed by atoms with Crippen LogP contribution in [0.25, 0.3) is 0 Å². The Balaban J connectivity index is 2.42. The van der Waals surface area contributed by atoms with Crippen molar-refractivity contribution in [2.75, 3.05) is 4.90 Å². The van der Waals surface area contributed by atoms with Gasteiger partial charge in [0, 0.05) is 6.04 Å². The molecule has 3 nitrogen and oxygen atoms in total. The highest BCUT2D eigenvalue weighted by atomic mass is 79.9. The number of hydrogen-bond acceptors (Lipinski definition) is 2. The molecule has 5 heteroatoms. The van der Waals surface area contributed by atoms with E-state index in [4.69, 9.17) is 4.74 Å². The second-order valence-electron chi connectivity index (χ2n) is 7.57. The van der Waals surface area contributed by atoms with Crippen LogP contribution in [0.3, 0.4) is 0 Å². The van der Waals surface area contributed by atoms with Gasteiger partial charge in [-0.1, -0.05) is 13.8 Å². The number of amides is 1. The van der Waals surface area contributed by atoms with E-state index in [9.17, 15) is 9.18 Å². The number of rotatable bonds is 2. The molecule has 1 aromatic rings. The zero-order valence-corrected chi connectivity index (χ0v) is 16.0. The summed E-state index contributed by atoms with van der Waals surface area (Å²) in [5.41, 5.74) is 1.03. The fraction of sp³-hybridized carbons (Fsp3) is 0.611. The molecule has 0 saturated carbocycles. The third-order valence-electron chi connectivity index (χ3n) is 3.83. The first kappa shape index (κ1) is 18.2. The second kappa shape index (κ2) is 6.80. The Morgan fingerprint density at radius 1 is 1.43 bits per heavy atom. The number of carbonyl (C=O) groups excluding carboxylic acids is 1. The predicted octanol–water partition coefficient (Wildman–Crippen LogP) is 5.69. The Labute approximate surface area is 146 Å². The molecule has 0 N–H and O–H groups in total. The van der Waals surface area contributed by atoms with E-state index in [-0.39, 0.29) is 11.9 Å². The molecule has 1 aliphatic heterocycles. The lowest BCUT2D eigenvalue weighted by Crippen LogP contribution is -2.46. The summed E-state index contributed by atoms with van der Waals surface area (Å²) in [6.45, 7) is 9.79. The maximum Gasteiger partial charge on any atom is 0.415 e. The van der Waals surface area contributed by atoms with Crippen molar-refractivity contribution in [2.45, 2.75) is 65.5 Å². The Morgan fingerprint density at radius 2 is 2.09 bits per heavy atom. The highest BCUT2D eigenvalue weighted by molar-refractivity contribution is 9.10. The van der Waals surface area contributed by atoms with Crippen LogP contribution in [0.1, 0.15) is 53.0 Å². The molecular weight excluding hydrogens is 361 g/mol. The molecular formula is C18H25BrFNO2. The summed E-state index contributed by atoms with van der Waals surface area (Å²) in [6.07, 6.45) is 2.18. The molecule has 1 atom stereocenters. The minimum absolute atomic E-state index is 0.0397. The molecule has 1 aromatic carbocycles. The quantitative estimate of drug-likeness (QED) is 0.654. The number of benzene rings is 1. The molecule has 1 unspecified atom stereocenters.